The lowest BCUT2D eigenvalue weighted by atomic mass is 10.1. The highest BCUT2D eigenvalue weighted by molar-refractivity contribution is 5.66. The molecule has 0 saturated carbocycles. The van der Waals surface area contributed by atoms with E-state index in [1.165, 1.54) is 0 Å². The predicted molar refractivity (Wildman–Crippen MR) is 74.6 cm³/mol. The summed E-state index contributed by atoms with van der Waals surface area (Å²) in [6, 6.07) is 1.88. The van der Waals surface area contributed by atoms with Crippen LogP contribution >= 0.6 is 0 Å². The number of hydrogen-bond donors (Lipinski definition) is 1. The first kappa shape index (κ1) is 15.1. The molecule has 2 rings (SSSR count). The molecule has 2 heterocycles. The number of aromatic nitrogens is 4. The largest absolute Gasteiger partial charge is 0.481 e. The first-order valence-electron chi connectivity index (χ1n) is 6.98. The SMILES string of the molecule is CCc1nnc(C)cc1-c1nnc(CCCCC(=O)O)o1. The first-order chi connectivity index (χ1) is 10.1. The van der Waals surface area contributed by atoms with Gasteiger partial charge >= 0.3 is 5.97 Å². The Morgan fingerprint density at radius 3 is 2.76 bits per heavy atom. The van der Waals surface area contributed by atoms with E-state index in [1.807, 2.05) is 19.9 Å². The van der Waals surface area contributed by atoms with Gasteiger partial charge in [0.15, 0.2) is 0 Å². The highest BCUT2D eigenvalue weighted by atomic mass is 16.4. The van der Waals surface area contributed by atoms with Gasteiger partial charge in [0.2, 0.25) is 11.8 Å². The van der Waals surface area contributed by atoms with Crippen LogP contribution in [0.15, 0.2) is 10.5 Å². The van der Waals surface area contributed by atoms with Crippen molar-refractivity contribution in [1.82, 2.24) is 20.4 Å². The van der Waals surface area contributed by atoms with E-state index in [2.05, 4.69) is 20.4 Å². The summed E-state index contributed by atoms with van der Waals surface area (Å²) in [6.45, 7) is 3.85. The second kappa shape index (κ2) is 6.92. The van der Waals surface area contributed by atoms with Crippen molar-refractivity contribution in [2.75, 3.05) is 0 Å². The monoisotopic (exact) mass is 290 g/mol. The molecule has 0 bridgehead atoms. The highest BCUT2D eigenvalue weighted by Crippen LogP contribution is 2.22. The van der Waals surface area contributed by atoms with E-state index in [9.17, 15) is 4.79 Å². The van der Waals surface area contributed by atoms with Gasteiger partial charge in [-0.3, -0.25) is 4.79 Å². The summed E-state index contributed by atoms with van der Waals surface area (Å²) in [5.41, 5.74) is 2.43. The van der Waals surface area contributed by atoms with E-state index >= 15 is 0 Å². The van der Waals surface area contributed by atoms with Crippen LogP contribution in [0.4, 0.5) is 0 Å². The van der Waals surface area contributed by atoms with Crippen LogP contribution in [0.3, 0.4) is 0 Å². The van der Waals surface area contributed by atoms with Crippen LogP contribution in [-0.4, -0.2) is 31.5 Å². The molecule has 0 unspecified atom stereocenters. The van der Waals surface area contributed by atoms with E-state index in [-0.39, 0.29) is 6.42 Å². The number of aryl methyl sites for hydroxylation is 3. The molecule has 0 atom stereocenters. The number of rotatable bonds is 7. The molecule has 21 heavy (non-hydrogen) atoms. The Balaban J connectivity index is 2.06. The summed E-state index contributed by atoms with van der Waals surface area (Å²) in [7, 11) is 0. The molecule has 0 spiro atoms. The molecular formula is C14H18N4O3. The number of hydrogen-bond acceptors (Lipinski definition) is 6. The molecule has 0 radical (unpaired) electrons. The second-order valence-electron chi connectivity index (χ2n) is 4.80. The lowest BCUT2D eigenvalue weighted by Gasteiger charge is -2.02. The number of unbranched alkanes of at least 4 members (excludes halogenated alkanes) is 1. The molecule has 1 N–H and O–H groups in total. The van der Waals surface area contributed by atoms with Crippen LogP contribution in [0.5, 0.6) is 0 Å². The zero-order valence-corrected chi connectivity index (χ0v) is 12.2. The van der Waals surface area contributed by atoms with Crippen LogP contribution < -0.4 is 0 Å². The Hall–Kier alpha value is -2.31. The number of nitrogens with zero attached hydrogens (tertiary/aromatic N) is 4. The van der Waals surface area contributed by atoms with Gasteiger partial charge in [-0.2, -0.15) is 10.2 Å². The van der Waals surface area contributed by atoms with Gasteiger partial charge in [-0.05, 0) is 32.3 Å². The molecule has 0 aliphatic rings. The van der Waals surface area contributed by atoms with Crippen molar-refractivity contribution in [3.8, 4) is 11.5 Å². The Kier molecular flexibility index (Phi) is 4.97. The summed E-state index contributed by atoms with van der Waals surface area (Å²) in [5.74, 6) is 0.178. The van der Waals surface area contributed by atoms with Crippen molar-refractivity contribution in [3.05, 3.63) is 23.3 Å². The molecule has 0 aliphatic carbocycles. The van der Waals surface area contributed by atoms with E-state index in [0.717, 1.165) is 23.4 Å². The van der Waals surface area contributed by atoms with E-state index in [1.54, 1.807) is 0 Å². The Morgan fingerprint density at radius 2 is 2.05 bits per heavy atom. The van der Waals surface area contributed by atoms with Gasteiger partial charge in [-0.15, -0.1) is 10.2 Å². The van der Waals surface area contributed by atoms with Gasteiger partial charge in [0, 0.05) is 12.8 Å². The topological polar surface area (TPSA) is 102 Å². The second-order valence-corrected chi connectivity index (χ2v) is 4.80. The van der Waals surface area contributed by atoms with Gasteiger partial charge < -0.3 is 9.52 Å². The van der Waals surface area contributed by atoms with Gasteiger partial charge in [0.1, 0.15) is 0 Å². The van der Waals surface area contributed by atoms with E-state index in [0.29, 0.717) is 31.0 Å². The standard InChI is InChI=1S/C14H18N4O3/c1-3-11-10(8-9(2)15-16-11)14-18-17-12(21-14)6-4-5-7-13(19)20/h8H,3-7H2,1-2H3,(H,19,20). The fourth-order valence-electron chi connectivity index (χ4n) is 1.98. The lowest BCUT2D eigenvalue weighted by Crippen LogP contribution is -1.97. The molecular weight excluding hydrogens is 272 g/mol. The summed E-state index contributed by atoms with van der Waals surface area (Å²) in [4.78, 5) is 10.4. The van der Waals surface area contributed by atoms with Gasteiger partial charge in [0.25, 0.3) is 0 Å². The molecule has 112 valence electrons. The van der Waals surface area contributed by atoms with Crippen molar-refractivity contribution >= 4 is 5.97 Å². The molecule has 7 heteroatoms. The average molecular weight is 290 g/mol. The van der Waals surface area contributed by atoms with Crippen molar-refractivity contribution in [2.24, 2.45) is 0 Å². The average Bonchev–Trinajstić information content (AvgIpc) is 2.92. The number of carboxylic acids is 1. The summed E-state index contributed by atoms with van der Waals surface area (Å²) >= 11 is 0. The molecule has 0 aliphatic heterocycles. The normalized spacial score (nSPS) is 10.8. The summed E-state index contributed by atoms with van der Waals surface area (Å²) < 4.78 is 5.64. The predicted octanol–water partition coefficient (Wildman–Crippen LogP) is 2.19. The number of aliphatic carboxylic acids is 1. The third-order valence-corrected chi connectivity index (χ3v) is 3.06. The van der Waals surface area contributed by atoms with Crippen LogP contribution in [0.2, 0.25) is 0 Å². The maximum atomic E-state index is 10.4. The van der Waals surface area contributed by atoms with Gasteiger partial charge in [-0.1, -0.05) is 6.92 Å². The minimum atomic E-state index is -0.785. The van der Waals surface area contributed by atoms with Crippen molar-refractivity contribution in [2.45, 2.75) is 46.0 Å². The van der Waals surface area contributed by atoms with Crippen molar-refractivity contribution < 1.29 is 14.3 Å². The van der Waals surface area contributed by atoms with Gasteiger partial charge in [-0.25, -0.2) is 0 Å². The third kappa shape index (κ3) is 4.08. The zero-order chi connectivity index (χ0) is 15.2. The Morgan fingerprint density at radius 1 is 1.24 bits per heavy atom. The number of carbonyl (C=O) groups is 1. The van der Waals surface area contributed by atoms with Crippen LogP contribution in [-0.2, 0) is 17.6 Å². The maximum Gasteiger partial charge on any atom is 0.303 e. The lowest BCUT2D eigenvalue weighted by molar-refractivity contribution is -0.137. The molecule has 2 aromatic rings. The molecule has 2 aromatic heterocycles. The molecule has 0 fully saturated rings. The first-order valence-corrected chi connectivity index (χ1v) is 6.98. The quantitative estimate of drug-likeness (QED) is 0.780. The van der Waals surface area contributed by atoms with E-state index in [4.69, 9.17) is 9.52 Å². The van der Waals surface area contributed by atoms with Crippen LogP contribution in [0.25, 0.3) is 11.5 Å². The van der Waals surface area contributed by atoms with E-state index < -0.39 is 5.97 Å². The Labute approximate surface area is 122 Å². The van der Waals surface area contributed by atoms with Crippen molar-refractivity contribution in [3.63, 3.8) is 0 Å². The minimum Gasteiger partial charge on any atom is -0.481 e. The molecule has 7 nitrogen and oxygen atoms in total. The fraction of sp³-hybridized carbons (Fsp3) is 0.500. The molecule has 0 saturated heterocycles. The third-order valence-electron chi connectivity index (χ3n) is 3.06. The minimum absolute atomic E-state index is 0.161. The Bertz CT molecular complexity index is 624. The van der Waals surface area contributed by atoms with Crippen LogP contribution in [0.1, 0.15) is 43.5 Å². The molecule has 0 amide bonds. The zero-order valence-electron chi connectivity index (χ0n) is 12.2. The summed E-state index contributed by atoms with van der Waals surface area (Å²) in [6.07, 6.45) is 2.79. The van der Waals surface area contributed by atoms with Gasteiger partial charge in [0.05, 0.1) is 17.0 Å². The number of carboxylic acid groups (broad SMARTS) is 1. The van der Waals surface area contributed by atoms with Crippen LogP contribution in [0, 0.1) is 6.92 Å². The maximum absolute atomic E-state index is 10.4. The summed E-state index contributed by atoms with van der Waals surface area (Å²) in [5, 5.41) is 24.8. The highest BCUT2D eigenvalue weighted by Gasteiger charge is 2.14. The molecule has 0 aromatic carbocycles. The smallest absolute Gasteiger partial charge is 0.303 e. The fourth-order valence-corrected chi connectivity index (χ4v) is 1.98. The van der Waals surface area contributed by atoms with Crippen molar-refractivity contribution in [1.29, 1.82) is 0 Å².